The van der Waals surface area contributed by atoms with E-state index in [2.05, 4.69) is 17.6 Å². The van der Waals surface area contributed by atoms with Gasteiger partial charge >= 0.3 is 12.0 Å². The van der Waals surface area contributed by atoms with E-state index >= 15 is 0 Å². The Kier molecular flexibility index (Phi) is 4.37. The molecule has 0 aromatic carbocycles. The van der Waals surface area contributed by atoms with Crippen LogP contribution in [0.1, 0.15) is 40.0 Å². The molecule has 1 aliphatic carbocycles. The van der Waals surface area contributed by atoms with E-state index in [0.29, 0.717) is 6.54 Å². The molecule has 1 unspecified atom stereocenters. The summed E-state index contributed by atoms with van der Waals surface area (Å²) in [6.07, 6.45) is 2.26. The van der Waals surface area contributed by atoms with Gasteiger partial charge in [-0.2, -0.15) is 0 Å². The topological polar surface area (TPSA) is 78.4 Å². The molecular formula is C12H22N2O3. The zero-order valence-electron chi connectivity index (χ0n) is 10.7. The van der Waals surface area contributed by atoms with Gasteiger partial charge in [-0.05, 0) is 24.2 Å². The van der Waals surface area contributed by atoms with E-state index in [9.17, 15) is 9.59 Å². The van der Waals surface area contributed by atoms with E-state index in [4.69, 9.17) is 5.11 Å². The second-order valence-electron chi connectivity index (χ2n) is 5.59. The van der Waals surface area contributed by atoms with Crippen LogP contribution in [0.5, 0.6) is 0 Å². The molecule has 2 amide bonds. The van der Waals surface area contributed by atoms with Crippen molar-refractivity contribution in [3.63, 3.8) is 0 Å². The van der Waals surface area contributed by atoms with Crippen molar-refractivity contribution in [2.24, 2.45) is 11.3 Å². The van der Waals surface area contributed by atoms with Crippen LogP contribution in [0.15, 0.2) is 0 Å². The van der Waals surface area contributed by atoms with Crippen LogP contribution in [-0.2, 0) is 4.79 Å². The highest BCUT2D eigenvalue weighted by molar-refractivity contribution is 5.75. The van der Waals surface area contributed by atoms with Crippen LogP contribution in [0.4, 0.5) is 4.79 Å². The van der Waals surface area contributed by atoms with Crippen molar-refractivity contribution >= 4 is 12.0 Å². The smallest absolute Gasteiger partial charge is 0.315 e. The first kappa shape index (κ1) is 13.8. The number of carbonyl (C=O) groups is 2. The molecule has 0 spiro atoms. The minimum absolute atomic E-state index is 0.0393. The third kappa shape index (κ3) is 5.06. The van der Waals surface area contributed by atoms with Crippen LogP contribution < -0.4 is 10.6 Å². The summed E-state index contributed by atoms with van der Waals surface area (Å²) >= 11 is 0. The lowest BCUT2D eigenvalue weighted by Crippen LogP contribution is -2.46. The molecule has 1 fully saturated rings. The van der Waals surface area contributed by atoms with Crippen molar-refractivity contribution in [1.29, 1.82) is 0 Å². The maximum atomic E-state index is 11.6. The Morgan fingerprint density at radius 2 is 1.94 bits per heavy atom. The van der Waals surface area contributed by atoms with Gasteiger partial charge < -0.3 is 15.7 Å². The maximum Gasteiger partial charge on any atom is 0.315 e. The predicted octanol–water partition coefficient (Wildman–Crippen LogP) is 1.58. The van der Waals surface area contributed by atoms with Gasteiger partial charge in [-0.1, -0.05) is 20.8 Å². The lowest BCUT2D eigenvalue weighted by Gasteiger charge is -2.21. The van der Waals surface area contributed by atoms with Crippen LogP contribution in [0.25, 0.3) is 0 Å². The quantitative estimate of drug-likeness (QED) is 0.661. The molecule has 1 atom stereocenters. The van der Waals surface area contributed by atoms with Crippen molar-refractivity contribution in [1.82, 2.24) is 10.6 Å². The average Bonchev–Trinajstić information content (AvgIpc) is 2.93. The lowest BCUT2D eigenvalue weighted by atomic mass is 10.0. The zero-order valence-corrected chi connectivity index (χ0v) is 10.7. The van der Waals surface area contributed by atoms with E-state index < -0.39 is 5.97 Å². The molecule has 1 aliphatic rings. The Morgan fingerprint density at radius 3 is 2.35 bits per heavy atom. The number of hydrogen-bond acceptors (Lipinski definition) is 2. The highest BCUT2D eigenvalue weighted by Gasteiger charge is 2.37. The third-order valence-corrected chi connectivity index (χ3v) is 3.30. The number of amides is 2. The summed E-state index contributed by atoms with van der Waals surface area (Å²) in [5.41, 5.74) is 0.261. The number of rotatable bonds is 6. The van der Waals surface area contributed by atoms with Gasteiger partial charge in [0.1, 0.15) is 0 Å². The van der Waals surface area contributed by atoms with Gasteiger partial charge in [-0.3, -0.25) is 4.79 Å². The summed E-state index contributed by atoms with van der Waals surface area (Å²) in [4.78, 5) is 22.2. The number of aliphatic carboxylic acids is 1. The highest BCUT2D eigenvalue weighted by atomic mass is 16.4. The summed E-state index contributed by atoms with van der Waals surface area (Å²) in [6.45, 7) is 6.59. The Hall–Kier alpha value is -1.26. The molecule has 5 nitrogen and oxygen atoms in total. The average molecular weight is 242 g/mol. The van der Waals surface area contributed by atoms with Crippen LogP contribution in [0.2, 0.25) is 0 Å². The van der Waals surface area contributed by atoms with E-state index in [1.165, 1.54) is 0 Å². The fourth-order valence-electron chi connectivity index (χ4n) is 1.54. The molecule has 0 radical (unpaired) electrons. The largest absolute Gasteiger partial charge is 0.481 e. The number of urea groups is 1. The normalized spacial score (nSPS) is 18.6. The molecule has 1 saturated carbocycles. The Balaban J connectivity index is 2.32. The lowest BCUT2D eigenvalue weighted by molar-refractivity contribution is -0.137. The Bertz CT molecular complexity index is 298. The number of hydrogen-bond donors (Lipinski definition) is 3. The van der Waals surface area contributed by atoms with E-state index in [1.54, 1.807) is 0 Å². The predicted molar refractivity (Wildman–Crippen MR) is 64.8 cm³/mol. The number of carboxylic acids is 1. The van der Waals surface area contributed by atoms with E-state index in [1.807, 2.05) is 13.8 Å². The second-order valence-corrected chi connectivity index (χ2v) is 5.59. The van der Waals surface area contributed by atoms with Crippen LogP contribution in [0.3, 0.4) is 0 Å². The van der Waals surface area contributed by atoms with Crippen LogP contribution in [-0.4, -0.2) is 29.7 Å². The molecule has 0 bridgehead atoms. The van der Waals surface area contributed by atoms with E-state index in [-0.39, 0.29) is 29.8 Å². The molecule has 98 valence electrons. The number of carbonyl (C=O) groups excluding carboxylic acids is 1. The molecule has 0 aliphatic heterocycles. The molecule has 17 heavy (non-hydrogen) atoms. The molecule has 1 rings (SSSR count). The van der Waals surface area contributed by atoms with E-state index in [0.717, 1.165) is 12.8 Å². The first-order valence-electron chi connectivity index (χ1n) is 6.08. The monoisotopic (exact) mass is 242 g/mol. The maximum absolute atomic E-state index is 11.6. The number of carboxylic acid groups (broad SMARTS) is 1. The summed E-state index contributed by atoms with van der Waals surface area (Å²) in [7, 11) is 0. The molecule has 0 heterocycles. The van der Waals surface area contributed by atoms with Crippen molar-refractivity contribution in [3.8, 4) is 0 Å². The fourth-order valence-corrected chi connectivity index (χ4v) is 1.54. The van der Waals surface area contributed by atoms with Gasteiger partial charge in [0.05, 0.1) is 6.42 Å². The molecule has 3 N–H and O–H groups in total. The van der Waals surface area contributed by atoms with Crippen molar-refractivity contribution in [3.05, 3.63) is 0 Å². The summed E-state index contributed by atoms with van der Waals surface area (Å²) in [6, 6.07) is -0.586. The van der Waals surface area contributed by atoms with Crippen LogP contribution in [0, 0.1) is 11.3 Å². The van der Waals surface area contributed by atoms with Gasteiger partial charge in [0.15, 0.2) is 0 Å². The molecule has 0 aromatic rings. The van der Waals surface area contributed by atoms with Gasteiger partial charge in [0.25, 0.3) is 0 Å². The number of nitrogens with one attached hydrogen (secondary N) is 2. The zero-order chi connectivity index (χ0) is 13.1. The summed E-state index contributed by atoms with van der Waals surface area (Å²) in [5.74, 6) is -0.786. The van der Waals surface area contributed by atoms with Crippen molar-refractivity contribution in [2.45, 2.75) is 46.1 Å². The molecule has 0 saturated heterocycles. The van der Waals surface area contributed by atoms with Crippen molar-refractivity contribution < 1.29 is 14.7 Å². The minimum atomic E-state index is -0.891. The summed E-state index contributed by atoms with van der Waals surface area (Å²) in [5, 5.41) is 14.3. The van der Waals surface area contributed by atoms with Gasteiger partial charge in [-0.15, -0.1) is 0 Å². The SMILES string of the molecule is CC(C)C(CC(=O)O)NC(=O)NCC1(C)CC1. The molecular weight excluding hydrogens is 220 g/mol. The Morgan fingerprint density at radius 1 is 1.35 bits per heavy atom. The second kappa shape index (κ2) is 5.38. The van der Waals surface area contributed by atoms with Gasteiger partial charge in [0, 0.05) is 12.6 Å². The van der Waals surface area contributed by atoms with Gasteiger partial charge in [-0.25, -0.2) is 4.79 Å². The fraction of sp³-hybridized carbons (Fsp3) is 0.833. The summed E-state index contributed by atoms with van der Waals surface area (Å²) < 4.78 is 0. The standard InChI is InChI=1S/C12H22N2O3/c1-8(2)9(6-10(15)16)14-11(17)13-7-12(3)4-5-12/h8-9H,4-7H2,1-3H3,(H,15,16)(H2,13,14,17). The minimum Gasteiger partial charge on any atom is -0.481 e. The highest BCUT2D eigenvalue weighted by Crippen LogP contribution is 2.43. The first-order valence-corrected chi connectivity index (χ1v) is 6.08. The van der Waals surface area contributed by atoms with Crippen LogP contribution >= 0.6 is 0 Å². The Labute approximate surface area is 102 Å². The first-order chi connectivity index (χ1) is 7.82. The molecule has 5 heteroatoms. The molecule has 0 aromatic heterocycles. The van der Waals surface area contributed by atoms with Crippen molar-refractivity contribution in [2.75, 3.05) is 6.54 Å². The third-order valence-electron chi connectivity index (χ3n) is 3.30. The van der Waals surface area contributed by atoms with Gasteiger partial charge in [0.2, 0.25) is 0 Å².